The Morgan fingerprint density at radius 1 is 1.08 bits per heavy atom. The Hall–Kier alpha value is -0.520. The fourth-order valence-corrected chi connectivity index (χ4v) is 0.926. The van der Waals surface area contributed by atoms with Crippen LogP contribution in [0.4, 0.5) is 0 Å². The average Bonchev–Trinajstić information content (AvgIpc) is 2.02. The van der Waals surface area contributed by atoms with Gasteiger partial charge in [0.15, 0.2) is 0 Å². The van der Waals surface area contributed by atoms with Crippen LogP contribution >= 0.6 is 0 Å². The highest BCUT2D eigenvalue weighted by molar-refractivity contribution is 5.02. The van der Waals surface area contributed by atoms with Crippen molar-refractivity contribution in [1.82, 2.24) is 0 Å². The molecule has 0 spiro atoms. The van der Waals surface area contributed by atoms with Crippen molar-refractivity contribution in [3.05, 3.63) is 24.3 Å². The Balaban J connectivity index is 3.27. The van der Waals surface area contributed by atoms with Gasteiger partial charge in [0.2, 0.25) is 0 Å². The fourth-order valence-electron chi connectivity index (χ4n) is 0.926. The van der Waals surface area contributed by atoms with Gasteiger partial charge in [-0.25, -0.2) is 0 Å². The third-order valence-electron chi connectivity index (χ3n) is 1.72. The number of rotatable bonds is 6. The van der Waals surface area contributed by atoms with Crippen LogP contribution in [-0.4, -0.2) is 0 Å². The molecule has 0 heteroatoms. The van der Waals surface area contributed by atoms with Gasteiger partial charge >= 0.3 is 0 Å². The van der Waals surface area contributed by atoms with Crippen LogP contribution in [0.3, 0.4) is 0 Å². The summed E-state index contributed by atoms with van der Waals surface area (Å²) in [5.74, 6) is 0.783. The van der Waals surface area contributed by atoms with Crippen molar-refractivity contribution in [3.63, 3.8) is 0 Å². The van der Waals surface area contributed by atoms with E-state index in [1.165, 1.54) is 25.7 Å². The molecule has 0 aromatic heterocycles. The van der Waals surface area contributed by atoms with E-state index < -0.39 is 0 Å². The lowest BCUT2D eigenvalue weighted by Crippen LogP contribution is -1.80. The van der Waals surface area contributed by atoms with E-state index in [1.807, 2.05) is 0 Å². The van der Waals surface area contributed by atoms with E-state index in [4.69, 9.17) is 0 Å². The van der Waals surface area contributed by atoms with E-state index in [1.54, 1.807) is 0 Å². The van der Waals surface area contributed by atoms with E-state index in [0.29, 0.717) is 0 Å². The molecule has 70 valence electrons. The second kappa shape index (κ2) is 8.58. The Bertz CT molecular complexity index is 129. The molecule has 0 bridgehead atoms. The van der Waals surface area contributed by atoms with Crippen molar-refractivity contribution in [2.75, 3.05) is 0 Å². The fraction of sp³-hybridized carbons (Fsp3) is 0.667. The summed E-state index contributed by atoms with van der Waals surface area (Å²) in [7, 11) is 0. The largest absolute Gasteiger partial charge is 0.0845 e. The quantitative estimate of drug-likeness (QED) is 0.407. The molecule has 0 rings (SSSR count). The van der Waals surface area contributed by atoms with Gasteiger partial charge in [0.1, 0.15) is 0 Å². The highest BCUT2D eigenvalue weighted by Crippen LogP contribution is 2.00. The lowest BCUT2D eigenvalue weighted by atomic mass is 10.1. The van der Waals surface area contributed by atoms with Crippen molar-refractivity contribution in [2.45, 2.75) is 46.5 Å². The van der Waals surface area contributed by atoms with Crippen molar-refractivity contribution >= 4 is 0 Å². The molecule has 0 aromatic carbocycles. The van der Waals surface area contributed by atoms with Crippen LogP contribution < -0.4 is 0 Å². The molecule has 0 heterocycles. The molecule has 0 aliphatic rings. The monoisotopic (exact) mass is 166 g/mol. The lowest BCUT2D eigenvalue weighted by molar-refractivity contribution is 0.664. The van der Waals surface area contributed by atoms with Gasteiger partial charge in [-0.1, -0.05) is 57.9 Å². The highest BCUT2D eigenvalue weighted by atomic mass is 13.9. The standard InChI is InChI=1S/C12H22/c1-4-5-6-7-8-9-10-11-12(2)3/h7-10,12H,4-6,11H2,1-3H3. The smallest absolute Gasteiger partial charge is 0.0324 e. The molecule has 0 saturated heterocycles. The predicted molar refractivity (Wildman–Crippen MR) is 57.3 cm³/mol. The minimum Gasteiger partial charge on any atom is -0.0845 e. The Morgan fingerprint density at radius 3 is 2.33 bits per heavy atom. The van der Waals surface area contributed by atoms with Crippen LogP contribution in [0, 0.1) is 5.92 Å². The summed E-state index contributed by atoms with van der Waals surface area (Å²) in [5, 5.41) is 0. The third kappa shape index (κ3) is 9.48. The van der Waals surface area contributed by atoms with Gasteiger partial charge in [-0.15, -0.1) is 0 Å². The first kappa shape index (κ1) is 11.5. The van der Waals surface area contributed by atoms with Gasteiger partial charge in [-0.3, -0.25) is 0 Å². The maximum absolute atomic E-state index is 2.25. The van der Waals surface area contributed by atoms with Crippen molar-refractivity contribution in [1.29, 1.82) is 0 Å². The first-order valence-electron chi connectivity index (χ1n) is 5.09. The molecular weight excluding hydrogens is 144 g/mol. The molecule has 0 unspecified atom stereocenters. The van der Waals surface area contributed by atoms with Gasteiger partial charge in [0.05, 0.1) is 0 Å². The summed E-state index contributed by atoms with van der Waals surface area (Å²) < 4.78 is 0. The number of hydrogen-bond donors (Lipinski definition) is 0. The molecular formula is C12H22. The van der Waals surface area contributed by atoms with E-state index in [0.717, 1.165) is 5.92 Å². The SMILES string of the molecule is CCCCC=CC=CCC(C)C. The van der Waals surface area contributed by atoms with Crippen LogP contribution in [-0.2, 0) is 0 Å². The summed E-state index contributed by atoms with van der Waals surface area (Å²) in [6.07, 6.45) is 13.8. The van der Waals surface area contributed by atoms with Crippen LogP contribution in [0.15, 0.2) is 24.3 Å². The van der Waals surface area contributed by atoms with Crippen molar-refractivity contribution in [2.24, 2.45) is 5.92 Å². The summed E-state index contributed by atoms with van der Waals surface area (Å²) in [6, 6.07) is 0. The van der Waals surface area contributed by atoms with E-state index >= 15 is 0 Å². The Morgan fingerprint density at radius 2 is 1.75 bits per heavy atom. The zero-order valence-electron chi connectivity index (χ0n) is 8.72. The van der Waals surface area contributed by atoms with Crippen LogP contribution in [0.1, 0.15) is 46.5 Å². The third-order valence-corrected chi connectivity index (χ3v) is 1.72. The molecule has 12 heavy (non-hydrogen) atoms. The maximum atomic E-state index is 2.25. The average molecular weight is 166 g/mol. The van der Waals surface area contributed by atoms with Crippen LogP contribution in [0.25, 0.3) is 0 Å². The first-order chi connectivity index (χ1) is 5.77. The summed E-state index contributed by atoms with van der Waals surface area (Å²) in [6.45, 7) is 6.71. The molecule has 0 radical (unpaired) electrons. The predicted octanol–water partition coefficient (Wildman–Crippen LogP) is 4.34. The van der Waals surface area contributed by atoms with E-state index in [9.17, 15) is 0 Å². The van der Waals surface area contributed by atoms with Crippen LogP contribution in [0.5, 0.6) is 0 Å². The molecule has 0 fully saturated rings. The molecule has 0 amide bonds. The summed E-state index contributed by atoms with van der Waals surface area (Å²) in [5.41, 5.74) is 0. The van der Waals surface area contributed by atoms with Gasteiger partial charge in [-0.05, 0) is 18.8 Å². The molecule has 0 nitrogen and oxygen atoms in total. The molecule has 0 saturated carbocycles. The minimum atomic E-state index is 0.783. The van der Waals surface area contributed by atoms with Crippen LogP contribution in [0.2, 0.25) is 0 Å². The van der Waals surface area contributed by atoms with Crippen molar-refractivity contribution in [3.8, 4) is 0 Å². The molecule has 0 N–H and O–H groups in total. The Kier molecular flexibility index (Phi) is 8.20. The maximum Gasteiger partial charge on any atom is -0.0324 e. The number of unbranched alkanes of at least 4 members (excludes halogenated alkanes) is 2. The Labute approximate surface area is 77.4 Å². The van der Waals surface area contributed by atoms with Gasteiger partial charge in [0, 0.05) is 0 Å². The lowest BCUT2D eigenvalue weighted by Gasteiger charge is -1.94. The van der Waals surface area contributed by atoms with Gasteiger partial charge < -0.3 is 0 Å². The normalized spacial score (nSPS) is 12.3. The molecule has 0 atom stereocenters. The second-order valence-electron chi connectivity index (χ2n) is 3.63. The van der Waals surface area contributed by atoms with Crippen molar-refractivity contribution < 1.29 is 0 Å². The number of allylic oxidation sites excluding steroid dienone is 4. The van der Waals surface area contributed by atoms with E-state index in [-0.39, 0.29) is 0 Å². The molecule has 0 aliphatic carbocycles. The minimum absolute atomic E-state index is 0.783. The zero-order chi connectivity index (χ0) is 9.23. The zero-order valence-corrected chi connectivity index (χ0v) is 8.72. The second-order valence-corrected chi connectivity index (χ2v) is 3.63. The van der Waals surface area contributed by atoms with Gasteiger partial charge in [0.25, 0.3) is 0 Å². The summed E-state index contributed by atoms with van der Waals surface area (Å²) in [4.78, 5) is 0. The van der Waals surface area contributed by atoms with E-state index in [2.05, 4.69) is 45.1 Å². The molecule has 0 aliphatic heterocycles. The number of hydrogen-bond acceptors (Lipinski definition) is 0. The first-order valence-corrected chi connectivity index (χ1v) is 5.09. The van der Waals surface area contributed by atoms with Gasteiger partial charge in [-0.2, -0.15) is 0 Å². The topological polar surface area (TPSA) is 0 Å². The summed E-state index contributed by atoms with van der Waals surface area (Å²) >= 11 is 0. The molecule has 0 aromatic rings. The highest BCUT2D eigenvalue weighted by Gasteiger charge is 1.84.